The van der Waals surface area contributed by atoms with Gasteiger partial charge >= 0.3 is 92.9 Å². The summed E-state index contributed by atoms with van der Waals surface area (Å²) in [7, 11) is 0. The van der Waals surface area contributed by atoms with Crippen molar-refractivity contribution in [3.05, 3.63) is 0 Å². The number of carbonyl (C=O) groups is 2. The Kier molecular flexibility index (Phi) is 17.8. The van der Waals surface area contributed by atoms with E-state index >= 15 is 0 Å². The van der Waals surface area contributed by atoms with Gasteiger partial charge in [-0.25, -0.2) is 0 Å². The van der Waals surface area contributed by atoms with Gasteiger partial charge in [-0.1, -0.05) is 72.6 Å². The van der Waals surface area contributed by atoms with Crippen LogP contribution in [-0.4, -0.2) is 103 Å². The fourth-order valence-corrected chi connectivity index (χ4v) is 2.67. The van der Waals surface area contributed by atoms with Crippen LogP contribution in [0, 0.1) is 10.8 Å². The van der Waals surface area contributed by atoms with Crippen LogP contribution in [0.1, 0.15) is 79.1 Å². The Morgan fingerprint density at radius 2 is 1.18 bits per heavy atom. The maximum atomic E-state index is 11.5. The summed E-state index contributed by atoms with van der Waals surface area (Å²) in [5.74, 6) is -2.44. The number of carboxylic acid groups (broad SMARTS) is 2. The number of unbranched alkanes of at least 4 members (excludes halogenated alkanes) is 6. The average Bonchev–Trinajstić information content (AvgIpc) is 2.30. The first-order valence-corrected chi connectivity index (χ1v) is 7.67. The van der Waals surface area contributed by atoms with Gasteiger partial charge < -0.3 is 10.2 Å². The maximum absolute atomic E-state index is 11.5. The van der Waals surface area contributed by atoms with E-state index in [4.69, 9.17) is 0 Å². The molecule has 0 heterocycles. The van der Waals surface area contributed by atoms with E-state index in [-0.39, 0.29) is 87.4 Å². The first-order valence-electron chi connectivity index (χ1n) is 7.67. The van der Waals surface area contributed by atoms with Crippen molar-refractivity contribution in [3.8, 4) is 0 Å². The Morgan fingerprint density at radius 1 is 0.818 bits per heavy atom. The molecule has 4 nitrogen and oxygen atoms in total. The van der Waals surface area contributed by atoms with Gasteiger partial charge in [0.2, 0.25) is 0 Å². The second-order valence-electron chi connectivity index (χ2n) is 6.64. The van der Waals surface area contributed by atoms with Gasteiger partial charge in [0.15, 0.2) is 5.41 Å². The predicted molar refractivity (Wildman–Crippen MR) is 94.1 cm³/mol. The number of rotatable bonds is 10. The van der Waals surface area contributed by atoms with E-state index in [9.17, 15) is 19.8 Å². The summed E-state index contributed by atoms with van der Waals surface area (Å²) < 4.78 is 0. The van der Waals surface area contributed by atoms with Crippen LogP contribution in [0.4, 0.5) is 0 Å². The van der Waals surface area contributed by atoms with Crippen molar-refractivity contribution in [2.75, 3.05) is 0 Å². The summed E-state index contributed by atoms with van der Waals surface area (Å²) in [6, 6.07) is 0. The average molecular weight is 351 g/mol. The molecule has 0 atom stereocenters. The topological polar surface area (TPSA) is 74.6 Å². The van der Waals surface area contributed by atoms with Crippen LogP contribution in [0.15, 0.2) is 0 Å². The van der Waals surface area contributed by atoms with Crippen molar-refractivity contribution in [1.29, 1.82) is 0 Å². The third kappa shape index (κ3) is 8.61. The molecule has 0 saturated heterocycles. The van der Waals surface area contributed by atoms with Crippen LogP contribution >= 0.6 is 0 Å². The normalized spacial score (nSPS) is 11.3. The number of carboxylic acids is 2. The molecule has 0 bridgehead atoms. The van der Waals surface area contributed by atoms with Crippen LogP contribution in [0.2, 0.25) is 0 Å². The Balaban J connectivity index is -0.00000180. The first-order chi connectivity index (χ1) is 9.20. The molecule has 2 N–H and O–H groups in total. The van der Waals surface area contributed by atoms with Crippen molar-refractivity contribution in [2.45, 2.75) is 79.1 Å². The summed E-state index contributed by atoms with van der Waals surface area (Å²) in [4.78, 5) is 23.1. The van der Waals surface area contributed by atoms with Gasteiger partial charge in [-0.3, -0.25) is 9.59 Å². The van der Waals surface area contributed by atoms with Gasteiger partial charge in [0.1, 0.15) is 0 Å². The summed E-state index contributed by atoms with van der Waals surface area (Å²) in [6.07, 6.45) is 7.61. The summed E-state index contributed by atoms with van der Waals surface area (Å²) in [5.41, 5.74) is -2.48. The van der Waals surface area contributed by atoms with Crippen LogP contribution in [0.25, 0.3) is 0 Å². The fraction of sp³-hybridized carbons (Fsp3) is 0.875. The van der Waals surface area contributed by atoms with Crippen molar-refractivity contribution in [3.63, 3.8) is 0 Å². The molecule has 0 aliphatic heterocycles. The van der Waals surface area contributed by atoms with Gasteiger partial charge in [-0.15, -0.1) is 0 Å². The van der Waals surface area contributed by atoms with Gasteiger partial charge in [0.05, 0.1) is 0 Å². The third-order valence-electron chi connectivity index (χ3n) is 4.17. The van der Waals surface area contributed by atoms with Gasteiger partial charge in [-0.05, 0) is 11.8 Å². The Hall–Kier alpha value is 1.58. The molecule has 0 rings (SSSR count). The minimum absolute atomic E-state index is 0. The molecule has 0 amide bonds. The molecule has 0 aliphatic carbocycles. The number of aliphatic carboxylic acids is 2. The zero-order chi connectivity index (χ0) is 15.8. The Bertz CT molecular complexity index is 313. The molecule has 122 valence electrons. The zero-order valence-electron chi connectivity index (χ0n) is 13.4. The number of hydrogen-bond donors (Lipinski definition) is 2. The van der Waals surface area contributed by atoms with E-state index in [1.165, 1.54) is 19.3 Å². The van der Waals surface area contributed by atoms with Crippen LogP contribution in [0.3, 0.4) is 0 Å². The Morgan fingerprint density at radius 3 is 1.50 bits per heavy atom. The molecule has 0 aromatic carbocycles. The second-order valence-corrected chi connectivity index (χ2v) is 6.64. The van der Waals surface area contributed by atoms with Crippen molar-refractivity contribution < 1.29 is 19.8 Å². The molecule has 0 unspecified atom stereocenters. The van der Waals surface area contributed by atoms with Crippen molar-refractivity contribution in [1.82, 2.24) is 0 Å². The molecule has 22 heavy (non-hydrogen) atoms. The fourth-order valence-electron chi connectivity index (χ4n) is 2.67. The quantitative estimate of drug-likeness (QED) is 0.361. The van der Waals surface area contributed by atoms with Gasteiger partial charge in [0, 0.05) is 0 Å². The van der Waals surface area contributed by atoms with Gasteiger partial charge in [-0.2, -0.15) is 0 Å². The molecule has 0 radical (unpaired) electrons. The molecule has 0 aromatic rings. The Labute approximate surface area is 199 Å². The van der Waals surface area contributed by atoms with E-state index in [2.05, 4.69) is 6.92 Å². The van der Waals surface area contributed by atoms with E-state index < -0.39 is 22.8 Å². The van der Waals surface area contributed by atoms with E-state index in [0.29, 0.717) is 6.42 Å². The molecular formula is C16H32KNaO4. The van der Waals surface area contributed by atoms with Crippen LogP contribution < -0.4 is 0 Å². The summed E-state index contributed by atoms with van der Waals surface area (Å²) in [5, 5.41) is 18.8. The minimum atomic E-state index is -1.68. The summed E-state index contributed by atoms with van der Waals surface area (Å²) in [6.45, 7) is 7.24. The summed E-state index contributed by atoms with van der Waals surface area (Å²) >= 11 is 0. The molecule has 6 heteroatoms. The van der Waals surface area contributed by atoms with E-state index in [0.717, 1.165) is 19.3 Å². The monoisotopic (exact) mass is 350 g/mol. The van der Waals surface area contributed by atoms with Crippen LogP contribution in [-0.2, 0) is 9.59 Å². The third-order valence-corrected chi connectivity index (χ3v) is 4.17. The molecule has 0 aliphatic rings. The van der Waals surface area contributed by atoms with E-state index in [1.54, 1.807) is 20.8 Å². The van der Waals surface area contributed by atoms with Gasteiger partial charge in [0.25, 0.3) is 0 Å². The molecule has 0 fully saturated rings. The SMILES string of the molecule is CCCCCCCCCC(C(=O)O)(C(=O)O)C(C)(C)C.[KH].[NaH]. The molecule has 0 spiro atoms. The predicted octanol–water partition coefficient (Wildman–Crippen LogP) is 3.03. The van der Waals surface area contributed by atoms with Crippen molar-refractivity contribution >= 4 is 92.9 Å². The molecular weight excluding hydrogens is 318 g/mol. The standard InChI is InChI=1S/C16H30O4.K.Na.2H/c1-5-6-7-8-9-10-11-12-16(13(17)18,14(19)20)15(2,3)4;;;;/h5-12H2,1-4H3,(H,17,18)(H,19,20);;;;. The van der Waals surface area contributed by atoms with Crippen LogP contribution in [0.5, 0.6) is 0 Å². The second kappa shape index (κ2) is 13.8. The van der Waals surface area contributed by atoms with Crippen molar-refractivity contribution in [2.24, 2.45) is 10.8 Å². The molecule has 0 saturated carbocycles. The zero-order valence-corrected chi connectivity index (χ0v) is 13.4. The van der Waals surface area contributed by atoms with E-state index in [1.807, 2.05) is 0 Å². The number of hydrogen-bond acceptors (Lipinski definition) is 2. The first kappa shape index (κ1) is 28.4. The molecule has 0 aromatic heterocycles.